The number of hydrogen-bond donors (Lipinski definition) is 1. The molecule has 6 aromatic rings. The minimum atomic E-state index is -2.45. The summed E-state index contributed by atoms with van der Waals surface area (Å²) < 4.78 is 87.5. The fourth-order valence-electron chi connectivity index (χ4n) is 7.27. The molecule has 0 bridgehead atoms. The quantitative estimate of drug-likeness (QED) is 0.0518. The average Bonchev–Trinajstić information content (AvgIpc) is 3.92. The summed E-state index contributed by atoms with van der Waals surface area (Å²) in [5.74, 6) is -16.0. The molecule has 0 unspecified atom stereocenters. The van der Waals surface area contributed by atoms with E-state index in [-0.39, 0.29) is 30.7 Å². The van der Waals surface area contributed by atoms with Crippen molar-refractivity contribution in [1.29, 1.82) is 0 Å². The number of fused-ring (bicyclic) bond motifs is 6. The predicted octanol–water partition coefficient (Wildman–Crippen LogP) is 8.43. The number of imidazole rings is 1. The van der Waals surface area contributed by atoms with Crippen LogP contribution in [0.25, 0.3) is 22.3 Å². The summed E-state index contributed by atoms with van der Waals surface area (Å²) in [4.78, 5) is 43.8. The van der Waals surface area contributed by atoms with Gasteiger partial charge in [-0.3, -0.25) is 0 Å². The van der Waals surface area contributed by atoms with Crippen LogP contribution in [0.4, 0.5) is 31.5 Å². The normalized spacial score (nSPS) is 13.3. The highest BCUT2D eigenvalue weighted by Crippen LogP contribution is 2.45. The van der Waals surface area contributed by atoms with E-state index < -0.39 is 65.5 Å². The van der Waals surface area contributed by atoms with Crippen molar-refractivity contribution in [2.75, 3.05) is 13.2 Å². The van der Waals surface area contributed by atoms with Crippen molar-refractivity contribution in [2.24, 2.45) is 0 Å². The predicted molar refractivity (Wildman–Crippen MR) is 190 cm³/mol. The summed E-state index contributed by atoms with van der Waals surface area (Å²) in [6, 6.07) is 28.7. The zero-order valence-electron chi connectivity index (χ0n) is 29.0. The van der Waals surface area contributed by atoms with Crippen LogP contribution in [0.15, 0.2) is 110 Å². The molecule has 8 rings (SSSR count). The highest BCUT2D eigenvalue weighted by Gasteiger charge is 2.34. The van der Waals surface area contributed by atoms with E-state index in [2.05, 4.69) is 15.0 Å². The minimum absolute atomic E-state index is 0.0133. The van der Waals surface area contributed by atoms with Gasteiger partial charge in [-0.2, -0.15) is 8.78 Å². The Hall–Kier alpha value is -6.83. The fraction of sp³-hybridized carbons (Fsp3) is 0.143. The number of aromatic nitrogens is 2. The van der Waals surface area contributed by atoms with Crippen molar-refractivity contribution in [1.82, 2.24) is 14.9 Å². The Labute approximate surface area is 315 Å². The number of nitrogens with one attached hydrogen (secondary N) is 1. The minimum Gasteiger partial charge on any atom is -0.449 e. The van der Waals surface area contributed by atoms with Gasteiger partial charge in [0.05, 0.1) is 5.69 Å². The molecule has 1 aromatic heterocycles. The number of benzene rings is 5. The molecule has 9 nitrogen and oxygen atoms in total. The molecule has 0 spiro atoms. The molecule has 0 aliphatic heterocycles. The second-order valence-electron chi connectivity index (χ2n) is 13.1. The van der Waals surface area contributed by atoms with Gasteiger partial charge in [-0.05, 0) is 44.5 Å². The van der Waals surface area contributed by atoms with Crippen LogP contribution >= 0.6 is 0 Å². The first-order valence-electron chi connectivity index (χ1n) is 17.3. The number of esters is 1. The van der Waals surface area contributed by atoms with Gasteiger partial charge < -0.3 is 19.5 Å². The number of ether oxygens (including phenoxy) is 3. The van der Waals surface area contributed by atoms with Gasteiger partial charge in [0.2, 0.25) is 34.8 Å². The molecule has 2 aliphatic rings. The standard InChI is InChI=1S/C42H28F5N3O6/c43-34-35(44)37(46)39(38(47)36(34)45)56-40(51)33(49-41(52)54-19-31-27-13-5-1-9-23(27)24-10-2-6-14-28(24)31)17-22-18-50(21-48-22)42(53)55-20-32-29-15-7-3-11-25(29)26-12-4-8-16-30(26)32/h1-16,18,21,31-33H,17,19-20H2,(H,49,52)/t33-/m0/s1. The molecule has 282 valence electrons. The smallest absolute Gasteiger partial charge is 0.419 e. The van der Waals surface area contributed by atoms with Gasteiger partial charge in [0.15, 0.2) is 0 Å². The molecule has 1 heterocycles. The first-order valence-corrected chi connectivity index (χ1v) is 17.3. The summed E-state index contributed by atoms with van der Waals surface area (Å²) in [7, 11) is 0. The number of carbonyl (C=O) groups is 3. The number of rotatable bonds is 9. The number of alkyl carbamates (subject to hydrolysis) is 1. The second-order valence-corrected chi connectivity index (χ2v) is 13.1. The molecule has 14 heteroatoms. The van der Waals surface area contributed by atoms with Crippen LogP contribution in [0, 0.1) is 29.1 Å². The lowest BCUT2D eigenvalue weighted by Gasteiger charge is -2.19. The zero-order valence-corrected chi connectivity index (χ0v) is 29.0. The maximum absolute atomic E-state index is 14.5. The van der Waals surface area contributed by atoms with Crippen molar-refractivity contribution >= 4 is 18.2 Å². The van der Waals surface area contributed by atoms with Gasteiger partial charge in [0.25, 0.3) is 0 Å². The van der Waals surface area contributed by atoms with Crippen molar-refractivity contribution in [3.8, 4) is 28.0 Å². The zero-order chi connectivity index (χ0) is 39.1. The van der Waals surface area contributed by atoms with E-state index in [9.17, 15) is 36.3 Å². The first kappa shape index (κ1) is 36.2. The molecule has 1 atom stereocenters. The Kier molecular flexibility index (Phi) is 9.54. The Morgan fingerprint density at radius 2 is 1.05 bits per heavy atom. The second kappa shape index (κ2) is 14.8. The highest BCUT2D eigenvalue weighted by molar-refractivity contribution is 5.84. The van der Waals surface area contributed by atoms with Gasteiger partial charge in [-0.1, -0.05) is 97.1 Å². The maximum Gasteiger partial charge on any atom is 0.419 e. The monoisotopic (exact) mass is 765 g/mol. The van der Waals surface area contributed by atoms with Gasteiger partial charge in [0.1, 0.15) is 25.6 Å². The Balaban J connectivity index is 0.992. The first-order chi connectivity index (χ1) is 27.1. The van der Waals surface area contributed by atoms with Crippen LogP contribution in [0.1, 0.15) is 39.8 Å². The lowest BCUT2D eigenvalue weighted by atomic mass is 9.98. The van der Waals surface area contributed by atoms with Crippen molar-refractivity contribution in [3.63, 3.8) is 0 Å². The van der Waals surface area contributed by atoms with Crippen molar-refractivity contribution < 1.29 is 50.5 Å². The topological polar surface area (TPSA) is 109 Å². The molecule has 56 heavy (non-hydrogen) atoms. The summed E-state index contributed by atoms with van der Waals surface area (Å²) in [5.41, 5.74) is 7.71. The molecule has 0 radical (unpaired) electrons. The van der Waals surface area contributed by atoms with Crippen LogP contribution in [0.3, 0.4) is 0 Å². The van der Waals surface area contributed by atoms with E-state index in [1.807, 2.05) is 97.1 Å². The van der Waals surface area contributed by atoms with Crippen LogP contribution < -0.4 is 10.1 Å². The van der Waals surface area contributed by atoms with Crippen LogP contribution in [0.5, 0.6) is 5.75 Å². The number of carbonyl (C=O) groups excluding carboxylic acids is 3. The Morgan fingerprint density at radius 3 is 1.54 bits per heavy atom. The lowest BCUT2D eigenvalue weighted by molar-refractivity contribution is -0.137. The summed E-state index contributed by atoms with van der Waals surface area (Å²) in [6.07, 6.45) is -0.273. The third kappa shape index (κ3) is 6.52. The number of halogens is 5. The third-order valence-electron chi connectivity index (χ3n) is 9.89. The molecule has 0 fully saturated rings. The average molecular weight is 766 g/mol. The number of hydrogen-bond acceptors (Lipinski definition) is 7. The molecule has 2 aliphatic carbocycles. The van der Waals surface area contributed by atoms with Crippen LogP contribution in [-0.4, -0.2) is 47.0 Å². The molecular weight excluding hydrogens is 737 g/mol. The Bertz CT molecular complexity index is 2420. The van der Waals surface area contributed by atoms with Gasteiger partial charge in [0, 0.05) is 24.5 Å². The van der Waals surface area contributed by atoms with Gasteiger partial charge >= 0.3 is 18.2 Å². The van der Waals surface area contributed by atoms with E-state index in [0.29, 0.717) is 0 Å². The van der Waals surface area contributed by atoms with Crippen molar-refractivity contribution in [2.45, 2.75) is 24.3 Å². The fourth-order valence-corrected chi connectivity index (χ4v) is 7.27. The molecule has 5 aromatic carbocycles. The van der Waals surface area contributed by atoms with Gasteiger partial charge in [-0.15, -0.1) is 0 Å². The molecule has 1 amide bonds. The van der Waals surface area contributed by atoms with Crippen LogP contribution in [0.2, 0.25) is 0 Å². The van der Waals surface area contributed by atoms with E-state index in [1.54, 1.807) is 0 Å². The van der Waals surface area contributed by atoms with Crippen molar-refractivity contribution in [3.05, 3.63) is 167 Å². The van der Waals surface area contributed by atoms with E-state index in [1.165, 1.54) is 6.20 Å². The number of amides is 1. The summed E-state index contributed by atoms with van der Waals surface area (Å²) in [5, 5.41) is 2.25. The third-order valence-corrected chi connectivity index (χ3v) is 9.89. The molecule has 0 saturated carbocycles. The number of nitrogens with zero attached hydrogens (tertiary/aromatic N) is 2. The molecule has 1 N–H and O–H groups in total. The SMILES string of the molecule is O=C(N[C@@H](Cc1cn(C(=O)OCC2c3ccccc3-c3ccccc32)cn1)C(=O)Oc1c(F)c(F)c(F)c(F)c1F)OCC1c2ccccc2-c2ccccc21. The largest absolute Gasteiger partial charge is 0.449 e. The Morgan fingerprint density at radius 1 is 0.625 bits per heavy atom. The van der Waals surface area contributed by atoms with E-state index >= 15 is 0 Å². The van der Waals surface area contributed by atoms with E-state index in [0.717, 1.165) is 55.4 Å². The molecule has 0 saturated heterocycles. The summed E-state index contributed by atoms with van der Waals surface area (Å²) >= 11 is 0. The summed E-state index contributed by atoms with van der Waals surface area (Å²) in [6.45, 7) is -0.198. The maximum atomic E-state index is 14.5. The van der Waals surface area contributed by atoms with Gasteiger partial charge in [-0.25, -0.2) is 37.1 Å². The molecular formula is C42H28F5N3O6. The highest BCUT2D eigenvalue weighted by atomic mass is 19.2. The van der Waals surface area contributed by atoms with E-state index in [4.69, 9.17) is 9.47 Å². The van der Waals surface area contributed by atoms with Crippen LogP contribution in [-0.2, 0) is 20.7 Å². The lowest BCUT2D eigenvalue weighted by Crippen LogP contribution is -2.45.